The maximum absolute atomic E-state index is 12.4. The lowest BCUT2D eigenvalue weighted by Gasteiger charge is -2.16. The molecule has 1 unspecified atom stereocenters. The molecule has 6 heteroatoms. The van der Waals surface area contributed by atoms with Gasteiger partial charge in [-0.2, -0.15) is 0 Å². The first kappa shape index (κ1) is 15.8. The van der Waals surface area contributed by atoms with Crippen molar-refractivity contribution in [1.29, 1.82) is 0 Å². The summed E-state index contributed by atoms with van der Waals surface area (Å²) in [6.45, 7) is 3.61. The molecule has 0 spiro atoms. The molecule has 0 saturated carbocycles. The molecular weight excluding hydrogens is 308 g/mol. The Balaban J connectivity index is 2.29. The van der Waals surface area contributed by atoms with Crippen molar-refractivity contribution in [3.05, 3.63) is 58.6 Å². The smallest absolute Gasteiger partial charge is 0.243 e. The Kier molecular flexibility index (Phi) is 4.56. The summed E-state index contributed by atoms with van der Waals surface area (Å²) in [7, 11) is -3.69. The quantitative estimate of drug-likeness (QED) is 0.848. The van der Waals surface area contributed by atoms with Crippen LogP contribution in [0.4, 0.5) is 5.69 Å². The Bertz CT molecular complexity index is 760. The van der Waals surface area contributed by atoms with Crippen LogP contribution >= 0.6 is 11.6 Å². The van der Waals surface area contributed by atoms with Gasteiger partial charge in [-0.15, -0.1) is 0 Å². The molecule has 0 fully saturated rings. The number of benzene rings is 2. The van der Waals surface area contributed by atoms with Gasteiger partial charge in [0, 0.05) is 11.1 Å². The monoisotopic (exact) mass is 324 g/mol. The van der Waals surface area contributed by atoms with E-state index in [2.05, 4.69) is 4.72 Å². The first-order valence-corrected chi connectivity index (χ1v) is 8.29. The van der Waals surface area contributed by atoms with Crippen molar-refractivity contribution in [3.8, 4) is 0 Å². The SMILES string of the molecule is Cc1ccc(S(=O)(=O)NC(C)c2cccc(Cl)c2)c(N)c1. The normalized spacial score (nSPS) is 13.1. The first-order chi connectivity index (χ1) is 9.79. The number of hydrogen-bond donors (Lipinski definition) is 2. The van der Waals surface area contributed by atoms with E-state index in [-0.39, 0.29) is 10.6 Å². The Morgan fingerprint density at radius 1 is 1.19 bits per heavy atom. The fraction of sp³-hybridized carbons (Fsp3) is 0.200. The van der Waals surface area contributed by atoms with Gasteiger partial charge in [-0.3, -0.25) is 0 Å². The van der Waals surface area contributed by atoms with E-state index < -0.39 is 16.1 Å². The molecule has 0 amide bonds. The standard InChI is InChI=1S/C15H17ClN2O2S/c1-10-6-7-15(14(17)8-10)21(19,20)18-11(2)12-4-3-5-13(16)9-12/h3-9,11,18H,17H2,1-2H3. The summed E-state index contributed by atoms with van der Waals surface area (Å²) in [4.78, 5) is 0.0852. The van der Waals surface area contributed by atoms with E-state index in [9.17, 15) is 8.42 Å². The lowest BCUT2D eigenvalue weighted by atomic mass is 10.1. The topological polar surface area (TPSA) is 72.2 Å². The molecule has 21 heavy (non-hydrogen) atoms. The zero-order valence-electron chi connectivity index (χ0n) is 11.8. The van der Waals surface area contributed by atoms with Gasteiger partial charge in [0.1, 0.15) is 4.90 Å². The minimum Gasteiger partial charge on any atom is -0.398 e. The van der Waals surface area contributed by atoms with Gasteiger partial charge in [0.2, 0.25) is 10.0 Å². The van der Waals surface area contributed by atoms with Crippen LogP contribution < -0.4 is 10.5 Å². The molecular formula is C15H17ClN2O2S. The van der Waals surface area contributed by atoms with Crippen molar-refractivity contribution in [2.75, 3.05) is 5.73 Å². The Labute approximate surface area is 130 Å². The van der Waals surface area contributed by atoms with E-state index in [0.29, 0.717) is 5.02 Å². The third-order valence-electron chi connectivity index (χ3n) is 3.14. The fourth-order valence-electron chi connectivity index (χ4n) is 2.05. The van der Waals surface area contributed by atoms with Crippen LogP contribution in [0.2, 0.25) is 5.02 Å². The van der Waals surface area contributed by atoms with E-state index in [1.807, 2.05) is 13.0 Å². The third kappa shape index (κ3) is 3.75. The number of halogens is 1. The number of hydrogen-bond acceptors (Lipinski definition) is 3. The summed E-state index contributed by atoms with van der Waals surface area (Å²) >= 11 is 5.92. The van der Waals surface area contributed by atoms with Crippen LogP contribution in [-0.4, -0.2) is 8.42 Å². The highest BCUT2D eigenvalue weighted by Crippen LogP contribution is 2.23. The average molecular weight is 325 g/mol. The molecule has 2 aromatic carbocycles. The van der Waals surface area contributed by atoms with Crippen molar-refractivity contribution < 1.29 is 8.42 Å². The minimum absolute atomic E-state index is 0.0852. The maximum Gasteiger partial charge on any atom is 0.243 e. The molecule has 0 aromatic heterocycles. The molecule has 0 heterocycles. The zero-order chi connectivity index (χ0) is 15.6. The summed E-state index contributed by atoms with van der Waals surface area (Å²) in [5.41, 5.74) is 7.74. The average Bonchev–Trinajstić information content (AvgIpc) is 2.37. The van der Waals surface area contributed by atoms with E-state index in [4.69, 9.17) is 17.3 Å². The molecule has 0 aliphatic carbocycles. The Morgan fingerprint density at radius 2 is 1.90 bits per heavy atom. The summed E-state index contributed by atoms with van der Waals surface area (Å²) < 4.78 is 27.4. The highest BCUT2D eigenvalue weighted by Gasteiger charge is 2.20. The second kappa shape index (κ2) is 6.05. The predicted octanol–water partition coefficient (Wildman–Crippen LogP) is 3.27. The second-order valence-corrected chi connectivity index (χ2v) is 7.06. The van der Waals surface area contributed by atoms with Crippen LogP contribution in [-0.2, 0) is 10.0 Å². The Morgan fingerprint density at radius 3 is 2.52 bits per heavy atom. The van der Waals surface area contributed by atoms with Gasteiger partial charge in [-0.25, -0.2) is 13.1 Å². The van der Waals surface area contributed by atoms with E-state index >= 15 is 0 Å². The summed E-state index contributed by atoms with van der Waals surface area (Å²) in [6.07, 6.45) is 0. The van der Waals surface area contributed by atoms with E-state index in [0.717, 1.165) is 11.1 Å². The highest BCUT2D eigenvalue weighted by molar-refractivity contribution is 7.89. The number of nitrogens with two attached hydrogens (primary N) is 1. The lowest BCUT2D eigenvalue weighted by molar-refractivity contribution is 0.567. The zero-order valence-corrected chi connectivity index (χ0v) is 13.4. The summed E-state index contributed by atoms with van der Waals surface area (Å²) in [5.74, 6) is 0. The third-order valence-corrected chi connectivity index (χ3v) is 4.99. The van der Waals surface area contributed by atoms with Crippen LogP contribution in [0, 0.1) is 6.92 Å². The molecule has 1 atom stereocenters. The van der Waals surface area contributed by atoms with Crippen molar-refractivity contribution in [1.82, 2.24) is 4.72 Å². The number of nitrogen functional groups attached to an aromatic ring is 1. The molecule has 3 N–H and O–H groups in total. The summed E-state index contributed by atoms with van der Waals surface area (Å²) in [6, 6.07) is 11.5. The molecule has 0 aliphatic rings. The molecule has 0 saturated heterocycles. The molecule has 2 aromatic rings. The largest absolute Gasteiger partial charge is 0.398 e. The van der Waals surface area contributed by atoms with Crippen LogP contribution in [0.3, 0.4) is 0 Å². The number of nitrogens with one attached hydrogen (secondary N) is 1. The van der Waals surface area contributed by atoms with E-state index in [1.165, 1.54) is 6.07 Å². The van der Waals surface area contributed by atoms with Gasteiger partial charge < -0.3 is 5.73 Å². The van der Waals surface area contributed by atoms with Crippen LogP contribution in [0.25, 0.3) is 0 Å². The highest BCUT2D eigenvalue weighted by atomic mass is 35.5. The summed E-state index contributed by atoms with van der Waals surface area (Å²) in [5, 5.41) is 0.563. The maximum atomic E-state index is 12.4. The van der Waals surface area contributed by atoms with Gasteiger partial charge in [0.15, 0.2) is 0 Å². The van der Waals surface area contributed by atoms with Gasteiger partial charge in [-0.1, -0.05) is 29.8 Å². The first-order valence-electron chi connectivity index (χ1n) is 6.43. The van der Waals surface area contributed by atoms with Crippen LogP contribution in [0.15, 0.2) is 47.4 Å². The molecule has 0 aliphatic heterocycles. The molecule has 112 valence electrons. The Hall–Kier alpha value is -1.56. The van der Waals surface area contributed by atoms with Gasteiger partial charge >= 0.3 is 0 Å². The van der Waals surface area contributed by atoms with Crippen molar-refractivity contribution in [2.45, 2.75) is 24.8 Å². The van der Waals surface area contributed by atoms with Crippen LogP contribution in [0.5, 0.6) is 0 Å². The van der Waals surface area contributed by atoms with Crippen molar-refractivity contribution >= 4 is 27.3 Å². The molecule has 0 bridgehead atoms. The van der Waals surface area contributed by atoms with Gasteiger partial charge in [0.05, 0.1) is 5.69 Å². The number of anilines is 1. The number of aryl methyl sites for hydroxylation is 1. The molecule has 4 nitrogen and oxygen atoms in total. The van der Waals surface area contributed by atoms with Gasteiger partial charge in [-0.05, 0) is 49.2 Å². The lowest BCUT2D eigenvalue weighted by Crippen LogP contribution is -2.27. The minimum atomic E-state index is -3.69. The predicted molar refractivity (Wildman–Crippen MR) is 85.8 cm³/mol. The van der Waals surface area contributed by atoms with Crippen LogP contribution in [0.1, 0.15) is 24.1 Å². The van der Waals surface area contributed by atoms with Crippen molar-refractivity contribution in [3.63, 3.8) is 0 Å². The molecule has 0 radical (unpaired) electrons. The molecule has 2 rings (SSSR count). The number of rotatable bonds is 4. The van der Waals surface area contributed by atoms with E-state index in [1.54, 1.807) is 37.3 Å². The number of sulfonamides is 1. The second-order valence-electron chi connectivity index (χ2n) is 4.94. The fourth-order valence-corrected chi connectivity index (χ4v) is 3.60. The van der Waals surface area contributed by atoms with Gasteiger partial charge in [0.25, 0.3) is 0 Å². The van der Waals surface area contributed by atoms with Crippen molar-refractivity contribution in [2.24, 2.45) is 0 Å².